The molecule has 1 fully saturated rings. The largest absolute Gasteiger partial charge is 0.444 e. The lowest BCUT2D eigenvalue weighted by Gasteiger charge is -2.35. The second-order valence-corrected chi connectivity index (χ2v) is 8.55. The minimum Gasteiger partial charge on any atom is -0.444 e. The van der Waals surface area contributed by atoms with Crippen LogP contribution in [0.2, 0.25) is 0 Å². The van der Waals surface area contributed by atoms with Gasteiger partial charge in [0.1, 0.15) is 12.1 Å². The highest BCUT2D eigenvalue weighted by Crippen LogP contribution is 2.15. The summed E-state index contributed by atoms with van der Waals surface area (Å²) in [6.45, 7) is 9.97. The van der Waals surface area contributed by atoms with Gasteiger partial charge in [0.25, 0.3) is 0 Å². The summed E-state index contributed by atoms with van der Waals surface area (Å²) in [6.07, 6.45) is 0.341. The fourth-order valence-corrected chi connectivity index (χ4v) is 3.21. The van der Waals surface area contributed by atoms with Crippen molar-refractivity contribution in [3.63, 3.8) is 0 Å². The number of hydrogen-bond acceptors (Lipinski definition) is 5. The molecule has 0 aromatic heterocycles. The van der Waals surface area contributed by atoms with Gasteiger partial charge < -0.3 is 19.9 Å². The zero-order valence-electron chi connectivity index (χ0n) is 18.7. The normalized spacial score (nSPS) is 14.9. The first-order valence-corrected chi connectivity index (χ1v) is 10.4. The summed E-state index contributed by atoms with van der Waals surface area (Å²) in [4.78, 5) is 42.0. The van der Waals surface area contributed by atoms with E-state index in [1.165, 1.54) is 4.90 Å². The van der Waals surface area contributed by atoms with E-state index in [-0.39, 0.29) is 24.9 Å². The molecule has 1 saturated heterocycles. The highest BCUT2D eigenvalue weighted by atomic mass is 16.6. The van der Waals surface area contributed by atoms with Crippen LogP contribution in [0.4, 0.5) is 10.5 Å². The molecule has 8 heteroatoms. The summed E-state index contributed by atoms with van der Waals surface area (Å²) in [7, 11) is 1.56. The average Bonchev–Trinajstić information content (AvgIpc) is 2.67. The van der Waals surface area contributed by atoms with Crippen molar-refractivity contribution in [3.05, 3.63) is 29.8 Å². The van der Waals surface area contributed by atoms with Crippen LogP contribution >= 0.6 is 0 Å². The Hall–Kier alpha value is -2.61. The van der Waals surface area contributed by atoms with Crippen LogP contribution in [0, 0.1) is 0 Å². The van der Waals surface area contributed by atoms with Crippen LogP contribution in [0.1, 0.15) is 33.3 Å². The number of hydrogen-bond donors (Lipinski definition) is 1. The molecule has 1 aliphatic rings. The zero-order chi connectivity index (χ0) is 22.3. The minimum absolute atomic E-state index is 0.0246. The zero-order valence-corrected chi connectivity index (χ0v) is 18.7. The minimum atomic E-state index is -0.599. The Labute approximate surface area is 179 Å². The van der Waals surface area contributed by atoms with Gasteiger partial charge in [-0.25, -0.2) is 4.79 Å². The number of piperazine rings is 1. The number of nitrogens with zero attached hydrogens (tertiary/aromatic N) is 3. The van der Waals surface area contributed by atoms with Crippen LogP contribution in [-0.4, -0.2) is 84.5 Å². The van der Waals surface area contributed by atoms with Crippen molar-refractivity contribution in [2.24, 2.45) is 0 Å². The molecular formula is C22H34N4O4. The van der Waals surface area contributed by atoms with Gasteiger partial charge in [-0.1, -0.05) is 25.1 Å². The van der Waals surface area contributed by atoms with E-state index in [1.54, 1.807) is 32.7 Å². The fourth-order valence-electron chi connectivity index (χ4n) is 3.21. The van der Waals surface area contributed by atoms with Crippen LogP contribution in [0.5, 0.6) is 0 Å². The van der Waals surface area contributed by atoms with Crippen molar-refractivity contribution < 1.29 is 19.1 Å². The van der Waals surface area contributed by atoms with E-state index in [0.29, 0.717) is 26.2 Å². The van der Waals surface area contributed by atoms with Crippen molar-refractivity contribution in [2.75, 3.05) is 51.6 Å². The molecule has 0 saturated carbocycles. The summed E-state index contributed by atoms with van der Waals surface area (Å²) in [5, 5.41) is 2.98. The molecule has 1 aliphatic heterocycles. The first-order valence-electron chi connectivity index (χ1n) is 10.4. The highest BCUT2D eigenvalue weighted by molar-refractivity contribution is 5.93. The van der Waals surface area contributed by atoms with Gasteiger partial charge in [0.15, 0.2) is 0 Å². The highest BCUT2D eigenvalue weighted by Gasteiger charge is 2.26. The molecule has 2 rings (SSSR count). The molecule has 30 heavy (non-hydrogen) atoms. The van der Waals surface area contributed by atoms with E-state index in [2.05, 4.69) is 12.2 Å². The molecule has 1 aromatic carbocycles. The Morgan fingerprint density at radius 3 is 2.33 bits per heavy atom. The summed E-state index contributed by atoms with van der Waals surface area (Å²) in [5.41, 5.74) is 1.36. The monoisotopic (exact) mass is 418 g/mol. The number of anilines is 1. The van der Waals surface area contributed by atoms with Crippen molar-refractivity contribution in [2.45, 2.75) is 39.7 Å². The molecule has 8 nitrogen and oxygen atoms in total. The number of carbonyl (C=O) groups excluding carboxylic acids is 3. The van der Waals surface area contributed by atoms with E-state index < -0.39 is 11.7 Å². The van der Waals surface area contributed by atoms with Crippen molar-refractivity contribution in [3.8, 4) is 0 Å². The van der Waals surface area contributed by atoms with Crippen molar-refractivity contribution >= 4 is 23.6 Å². The molecule has 0 aliphatic carbocycles. The molecule has 0 unspecified atom stereocenters. The van der Waals surface area contributed by atoms with E-state index in [0.717, 1.165) is 17.7 Å². The van der Waals surface area contributed by atoms with E-state index >= 15 is 0 Å². The second-order valence-electron chi connectivity index (χ2n) is 8.55. The van der Waals surface area contributed by atoms with E-state index in [4.69, 9.17) is 4.74 Å². The Kier molecular flexibility index (Phi) is 8.23. The Morgan fingerprint density at radius 2 is 1.73 bits per heavy atom. The lowest BCUT2D eigenvalue weighted by Crippen LogP contribution is -2.52. The lowest BCUT2D eigenvalue weighted by atomic mass is 10.1. The molecule has 0 radical (unpaired) electrons. The van der Waals surface area contributed by atoms with Gasteiger partial charge in [-0.2, -0.15) is 0 Å². The number of amides is 3. The van der Waals surface area contributed by atoms with Crippen LogP contribution in [0.15, 0.2) is 24.3 Å². The number of aryl methyl sites for hydroxylation is 1. The maximum Gasteiger partial charge on any atom is 0.410 e. The van der Waals surface area contributed by atoms with Gasteiger partial charge in [0.2, 0.25) is 11.8 Å². The maximum absolute atomic E-state index is 12.5. The Balaban J connectivity index is 1.77. The van der Waals surface area contributed by atoms with Crippen LogP contribution in [0.3, 0.4) is 0 Å². The molecule has 0 bridgehead atoms. The van der Waals surface area contributed by atoms with E-state index in [1.807, 2.05) is 29.2 Å². The Bertz CT molecular complexity index is 752. The van der Waals surface area contributed by atoms with Crippen LogP contribution < -0.4 is 5.32 Å². The van der Waals surface area contributed by atoms with Gasteiger partial charge >= 0.3 is 6.09 Å². The van der Waals surface area contributed by atoms with Gasteiger partial charge in [-0.05, 0) is 38.8 Å². The third kappa shape index (κ3) is 7.33. The number of carbonyl (C=O) groups is 3. The molecule has 1 heterocycles. The fraction of sp³-hybridized carbons (Fsp3) is 0.591. The molecule has 166 valence electrons. The first kappa shape index (κ1) is 23.7. The molecular weight excluding hydrogens is 384 g/mol. The average molecular weight is 419 g/mol. The summed E-state index contributed by atoms with van der Waals surface area (Å²) in [5.74, 6) is -0.176. The lowest BCUT2D eigenvalue weighted by molar-refractivity contribution is -0.134. The molecule has 1 aromatic rings. The quantitative estimate of drug-likeness (QED) is 0.766. The third-order valence-electron chi connectivity index (χ3n) is 4.84. The summed E-state index contributed by atoms with van der Waals surface area (Å²) >= 11 is 0. The predicted octanol–water partition coefficient (Wildman–Crippen LogP) is 2.20. The third-order valence-corrected chi connectivity index (χ3v) is 4.84. The number of nitrogens with one attached hydrogen (secondary N) is 1. The predicted molar refractivity (Wildman–Crippen MR) is 116 cm³/mol. The van der Waals surface area contributed by atoms with Crippen molar-refractivity contribution in [1.82, 2.24) is 14.7 Å². The first-order chi connectivity index (χ1) is 14.1. The molecule has 3 amide bonds. The van der Waals surface area contributed by atoms with Gasteiger partial charge in [0, 0.05) is 38.9 Å². The number of ether oxygens (including phenoxy) is 1. The molecule has 1 N–H and O–H groups in total. The van der Waals surface area contributed by atoms with E-state index in [9.17, 15) is 14.4 Å². The van der Waals surface area contributed by atoms with Crippen molar-refractivity contribution in [1.29, 1.82) is 0 Å². The molecule has 0 spiro atoms. The number of benzene rings is 1. The maximum atomic E-state index is 12.5. The van der Waals surface area contributed by atoms with Gasteiger partial charge in [0.05, 0.1) is 6.54 Å². The molecule has 0 atom stereocenters. The smallest absolute Gasteiger partial charge is 0.410 e. The number of para-hydroxylation sites is 1. The SMILES string of the molecule is CCc1ccccc1NC(=O)CN1CCN(C(=O)CN(C)C(=O)OC(C)(C)C)CC1. The number of likely N-dealkylation sites (N-methyl/N-ethyl adjacent to an activating group) is 1. The second kappa shape index (κ2) is 10.4. The Morgan fingerprint density at radius 1 is 1.10 bits per heavy atom. The standard InChI is InChI=1S/C22H34N4O4/c1-6-17-9-7-8-10-18(17)23-19(27)15-25-11-13-26(14-12-25)20(28)16-24(5)21(29)30-22(2,3)4/h7-10H,6,11-16H2,1-5H3,(H,23,27). The summed E-state index contributed by atoms with van der Waals surface area (Å²) < 4.78 is 5.28. The summed E-state index contributed by atoms with van der Waals surface area (Å²) in [6, 6.07) is 7.79. The number of rotatable bonds is 6. The topological polar surface area (TPSA) is 82.2 Å². The van der Waals surface area contributed by atoms with Gasteiger partial charge in [-0.15, -0.1) is 0 Å². The van der Waals surface area contributed by atoms with Crippen LogP contribution in [0.25, 0.3) is 0 Å². The van der Waals surface area contributed by atoms with Crippen LogP contribution in [-0.2, 0) is 20.7 Å². The van der Waals surface area contributed by atoms with Gasteiger partial charge in [-0.3, -0.25) is 14.5 Å².